The molecule has 2 aliphatic heterocycles. The highest BCUT2D eigenvalue weighted by Crippen LogP contribution is 2.64. The van der Waals surface area contributed by atoms with Gasteiger partial charge in [0.2, 0.25) is 0 Å². The summed E-state index contributed by atoms with van der Waals surface area (Å²) in [5, 5.41) is 12.9. The molecule has 3 aliphatic carbocycles. The predicted octanol–water partition coefficient (Wildman–Crippen LogP) is 4.20. The van der Waals surface area contributed by atoms with Crippen LogP contribution in [-0.2, 0) is 18.9 Å². The van der Waals surface area contributed by atoms with E-state index in [1.54, 1.807) is 12.1 Å². The van der Waals surface area contributed by atoms with E-state index in [4.69, 9.17) is 18.9 Å². The fraction of sp³-hybridized carbons (Fsp3) is 0.710. The summed E-state index contributed by atoms with van der Waals surface area (Å²) in [5.41, 5.74) is 0.552. The summed E-state index contributed by atoms with van der Waals surface area (Å²) >= 11 is 0. The first-order valence-electron chi connectivity index (χ1n) is 14.2. The Labute approximate surface area is 226 Å². The Balaban J connectivity index is 1.52. The Morgan fingerprint density at radius 2 is 1.87 bits per heavy atom. The van der Waals surface area contributed by atoms with Gasteiger partial charge in [0, 0.05) is 29.2 Å². The summed E-state index contributed by atoms with van der Waals surface area (Å²) in [4.78, 5) is 15.7. The number of aliphatic hydroxyl groups is 1. The van der Waals surface area contributed by atoms with Crippen LogP contribution in [-0.4, -0.2) is 79.5 Å². The molecule has 2 saturated heterocycles. The number of allylic oxidation sites excluding steroid dienone is 1. The van der Waals surface area contributed by atoms with Gasteiger partial charge >= 0.3 is 5.97 Å². The van der Waals surface area contributed by atoms with E-state index in [-0.39, 0.29) is 47.8 Å². The van der Waals surface area contributed by atoms with Crippen LogP contribution >= 0.6 is 0 Å². The number of carbonyl (C=O) groups excluding carboxylic acids is 1. The molecule has 2 heterocycles. The lowest BCUT2D eigenvalue weighted by Crippen LogP contribution is -2.72. The van der Waals surface area contributed by atoms with Gasteiger partial charge < -0.3 is 29.0 Å². The minimum atomic E-state index is -1.26. The van der Waals surface area contributed by atoms with Crippen molar-refractivity contribution in [3.05, 3.63) is 47.0 Å². The minimum Gasteiger partial charge on any atom is -0.455 e. The van der Waals surface area contributed by atoms with E-state index in [9.17, 15) is 9.90 Å². The molecule has 7 nitrogen and oxygen atoms in total. The molecule has 0 amide bonds. The van der Waals surface area contributed by atoms with Crippen LogP contribution in [0.3, 0.4) is 0 Å². The number of carbonyl (C=O) groups is 1. The van der Waals surface area contributed by atoms with Crippen LogP contribution in [0.15, 0.2) is 41.5 Å². The Morgan fingerprint density at radius 3 is 2.53 bits per heavy atom. The summed E-state index contributed by atoms with van der Waals surface area (Å²) in [6, 6.07) is 9.14. The highest BCUT2D eigenvalue weighted by Gasteiger charge is 2.70. The zero-order valence-corrected chi connectivity index (χ0v) is 23.6. The summed E-state index contributed by atoms with van der Waals surface area (Å²) < 4.78 is 26.1. The number of likely N-dealkylation sites (N-methyl/N-ethyl adjacent to an activating group) is 1. The van der Waals surface area contributed by atoms with Gasteiger partial charge in [0.25, 0.3) is 0 Å². The van der Waals surface area contributed by atoms with Crippen molar-refractivity contribution < 1.29 is 28.8 Å². The van der Waals surface area contributed by atoms with E-state index in [2.05, 4.69) is 32.6 Å². The molecule has 6 rings (SSSR count). The molecule has 7 heteroatoms. The van der Waals surface area contributed by atoms with Crippen molar-refractivity contribution in [1.82, 2.24) is 4.90 Å². The number of fused-ring (bicyclic) bond motifs is 8. The second-order valence-corrected chi connectivity index (χ2v) is 13.3. The van der Waals surface area contributed by atoms with E-state index in [1.165, 1.54) is 5.57 Å². The third kappa shape index (κ3) is 3.76. The van der Waals surface area contributed by atoms with Crippen LogP contribution in [0.25, 0.3) is 0 Å². The van der Waals surface area contributed by atoms with E-state index in [0.29, 0.717) is 25.1 Å². The molecule has 2 bridgehead atoms. The smallest absolute Gasteiger partial charge is 0.338 e. The third-order valence-corrected chi connectivity index (χ3v) is 10.6. The molecule has 1 aromatic carbocycles. The highest BCUT2D eigenvalue weighted by molar-refractivity contribution is 5.89. The van der Waals surface area contributed by atoms with E-state index in [0.717, 1.165) is 24.8 Å². The zero-order chi connectivity index (χ0) is 27.0. The van der Waals surface area contributed by atoms with Crippen molar-refractivity contribution in [1.29, 1.82) is 0 Å². The maximum Gasteiger partial charge on any atom is 0.338 e. The van der Waals surface area contributed by atoms with Crippen LogP contribution in [0.4, 0.5) is 0 Å². The molecule has 3 unspecified atom stereocenters. The lowest BCUT2D eigenvalue weighted by atomic mass is 9.46. The monoisotopic (exact) mass is 525 g/mol. The molecular formula is C31H43NO6. The summed E-state index contributed by atoms with van der Waals surface area (Å²) in [6.07, 6.45) is 1.66. The molecule has 2 saturated carbocycles. The molecule has 9 atom stereocenters. The van der Waals surface area contributed by atoms with Crippen LogP contribution in [0.5, 0.6) is 0 Å². The number of esters is 1. The molecule has 0 radical (unpaired) electrons. The largest absolute Gasteiger partial charge is 0.455 e. The standard InChI is InChI=1S/C31H43NO6/c1-18-12-15-31(34)26(38-28(33)19-10-8-7-9-11-19)24-20-17-35-21(20)13-14-30(24,4)27-25(23(18)29(31,2)3)36-22(37-27)16-32(5)6/h7-11,20-22,24-27,34H,12-17H2,1-6H3/t20-,21?,22?,24?,25-,26+,27-,30-,31-/m1/s1. The average molecular weight is 526 g/mol. The SMILES string of the molecule is CC1=C2[C@H]3OC(CN(C)C)O[C@H]3[C@]3(C)CCC4OC[C@H]4C3[C@H](OC(=O)c3ccccc3)[C@](O)(CC1)C2(C)C. The van der Waals surface area contributed by atoms with Crippen LogP contribution < -0.4 is 0 Å². The Hall–Kier alpha value is -1.77. The second kappa shape index (κ2) is 9.13. The first-order valence-corrected chi connectivity index (χ1v) is 14.2. The van der Waals surface area contributed by atoms with Crippen molar-refractivity contribution in [3.63, 3.8) is 0 Å². The molecular weight excluding hydrogens is 482 g/mol. The highest BCUT2D eigenvalue weighted by atomic mass is 16.7. The van der Waals surface area contributed by atoms with Gasteiger partial charge in [-0.05, 0) is 64.4 Å². The molecule has 208 valence electrons. The summed E-state index contributed by atoms with van der Waals surface area (Å²) in [6.45, 7) is 9.93. The fourth-order valence-electron chi connectivity index (χ4n) is 8.51. The Bertz CT molecular complexity index is 1120. The maximum atomic E-state index is 13.6. The van der Waals surface area contributed by atoms with E-state index < -0.39 is 17.1 Å². The van der Waals surface area contributed by atoms with Gasteiger partial charge in [-0.25, -0.2) is 4.79 Å². The summed E-state index contributed by atoms with van der Waals surface area (Å²) in [7, 11) is 4.06. The quantitative estimate of drug-likeness (QED) is 0.466. The average Bonchev–Trinajstić information content (AvgIpc) is 3.25. The van der Waals surface area contributed by atoms with E-state index >= 15 is 0 Å². The first-order chi connectivity index (χ1) is 18.0. The van der Waals surface area contributed by atoms with Crippen molar-refractivity contribution in [3.8, 4) is 0 Å². The molecule has 1 aromatic rings. The van der Waals surface area contributed by atoms with Gasteiger partial charge in [0.15, 0.2) is 6.29 Å². The van der Waals surface area contributed by atoms with Crippen molar-refractivity contribution >= 4 is 5.97 Å². The van der Waals surface area contributed by atoms with Gasteiger partial charge in [-0.3, -0.25) is 0 Å². The molecule has 38 heavy (non-hydrogen) atoms. The summed E-state index contributed by atoms with van der Waals surface area (Å²) in [5.74, 6) is -0.322. The molecule has 1 N–H and O–H groups in total. The van der Waals surface area contributed by atoms with Gasteiger partial charge in [0.05, 0.1) is 24.4 Å². The lowest BCUT2D eigenvalue weighted by Gasteiger charge is -2.64. The van der Waals surface area contributed by atoms with Crippen LogP contribution in [0.1, 0.15) is 63.7 Å². The van der Waals surface area contributed by atoms with Crippen molar-refractivity contribution in [2.45, 2.75) is 89.7 Å². The zero-order valence-electron chi connectivity index (χ0n) is 23.6. The molecule has 0 aromatic heterocycles. The van der Waals surface area contributed by atoms with Crippen molar-refractivity contribution in [2.24, 2.45) is 22.7 Å². The fourth-order valence-corrected chi connectivity index (χ4v) is 8.51. The number of nitrogens with zero attached hydrogens (tertiary/aromatic N) is 1. The van der Waals surface area contributed by atoms with Gasteiger partial charge in [-0.1, -0.05) is 44.5 Å². The number of ether oxygens (including phenoxy) is 4. The predicted molar refractivity (Wildman–Crippen MR) is 142 cm³/mol. The third-order valence-electron chi connectivity index (χ3n) is 10.6. The topological polar surface area (TPSA) is 77.5 Å². The van der Waals surface area contributed by atoms with Gasteiger partial charge in [-0.2, -0.15) is 0 Å². The van der Waals surface area contributed by atoms with Gasteiger partial charge in [-0.15, -0.1) is 0 Å². The minimum absolute atomic E-state index is 0.121. The molecule has 4 fully saturated rings. The number of rotatable bonds is 4. The van der Waals surface area contributed by atoms with Gasteiger partial charge in [0.1, 0.15) is 17.8 Å². The lowest BCUT2D eigenvalue weighted by molar-refractivity contribution is -0.273. The molecule has 5 aliphatic rings. The number of hydrogen-bond donors (Lipinski definition) is 1. The van der Waals surface area contributed by atoms with Crippen molar-refractivity contribution in [2.75, 3.05) is 27.2 Å². The van der Waals surface area contributed by atoms with Crippen LogP contribution in [0, 0.1) is 22.7 Å². The Morgan fingerprint density at radius 1 is 1.13 bits per heavy atom. The van der Waals surface area contributed by atoms with Crippen LogP contribution in [0.2, 0.25) is 0 Å². The normalized spacial score (nSPS) is 43.3. The maximum absolute atomic E-state index is 13.6. The molecule has 0 spiro atoms. The number of hydrogen-bond acceptors (Lipinski definition) is 7. The van der Waals surface area contributed by atoms with E-state index in [1.807, 2.05) is 32.3 Å². The first kappa shape index (κ1) is 26.5. The number of benzene rings is 1. The Kier molecular flexibility index (Phi) is 6.36. The second-order valence-electron chi connectivity index (χ2n) is 13.3.